The van der Waals surface area contributed by atoms with Gasteiger partial charge >= 0.3 is 0 Å². The molecule has 24 heavy (non-hydrogen) atoms. The normalized spacial score (nSPS) is 15.5. The Morgan fingerprint density at radius 1 is 1.21 bits per heavy atom. The maximum Gasteiger partial charge on any atom is 0.239 e. The molecule has 0 aromatic heterocycles. The quantitative estimate of drug-likeness (QED) is 0.677. The Bertz CT molecular complexity index is 497. The molecule has 1 aliphatic carbocycles. The summed E-state index contributed by atoms with van der Waals surface area (Å²) in [6.45, 7) is 4.17. The maximum absolute atomic E-state index is 11.9. The summed E-state index contributed by atoms with van der Waals surface area (Å²) in [7, 11) is 2.23. The van der Waals surface area contributed by atoms with Gasteiger partial charge < -0.3 is 10.6 Å². The second-order valence-corrected chi connectivity index (χ2v) is 6.92. The topological polar surface area (TPSA) is 44.4 Å². The Kier molecular flexibility index (Phi) is 8.10. The van der Waals surface area contributed by atoms with Crippen molar-refractivity contribution in [3.63, 3.8) is 0 Å². The Morgan fingerprint density at radius 3 is 2.71 bits per heavy atom. The molecule has 134 valence electrons. The molecule has 0 unspecified atom stereocenters. The molecule has 4 nitrogen and oxygen atoms in total. The van der Waals surface area contributed by atoms with Crippen LogP contribution in [0.5, 0.6) is 0 Å². The molecule has 0 atom stereocenters. The standard InChI is InChI=1S/C20H33N3O/c1-3-4-14-21-20(24)15-22-19-13-9-8-10-17(19)16-23(2)18-11-6-5-7-12-18/h8-10,13,18,22H,3-7,11-12,14-16H2,1-2H3,(H,21,24). The fraction of sp³-hybridized carbons (Fsp3) is 0.650. The average molecular weight is 332 g/mol. The van der Waals surface area contributed by atoms with Crippen LogP contribution >= 0.6 is 0 Å². The van der Waals surface area contributed by atoms with Crippen molar-refractivity contribution in [2.24, 2.45) is 0 Å². The van der Waals surface area contributed by atoms with Crippen LogP contribution in [0.25, 0.3) is 0 Å². The SMILES string of the molecule is CCCCNC(=O)CNc1ccccc1CN(C)C1CCCCC1. The minimum atomic E-state index is 0.0684. The van der Waals surface area contributed by atoms with Gasteiger partial charge in [-0.05, 0) is 37.9 Å². The minimum Gasteiger partial charge on any atom is -0.376 e. The van der Waals surface area contributed by atoms with E-state index in [4.69, 9.17) is 0 Å². The summed E-state index contributed by atoms with van der Waals surface area (Å²) in [5, 5.41) is 6.26. The van der Waals surface area contributed by atoms with Crippen molar-refractivity contribution < 1.29 is 4.79 Å². The van der Waals surface area contributed by atoms with Crippen LogP contribution in [0.4, 0.5) is 5.69 Å². The van der Waals surface area contributed by atoms with Crippen molar-refractivity contribution in [1.82, 2.24) is 10.2 Å². The first-order valence-corrected chi connectivity index (χ1v) is 9.49. The molecule has 1 aliphatic rings. The van der Waals surface area contributed by atoms with Gasteiger partial charge in [-0.2, -0.15) is 0 Å². The molecule has 4 heteroatoms. The molecule has 0 bridgehead atoms. The van der Waals surface area contributed by atoms with Crippen LogP contribution in [0.1, 0.15) is 57.4 Å². The number of hydrogen-bond donors (Lipinski definition) is 2. The molecule has 1 aromatic rings. The molecule has 0 aliphatic heterocycles. The predicted molar refractivity (Wildman–Crippen MR) is 101 cm³/mol. The monoisotopic (exact) mass is 331 g/mol. The first kappa shape index (κ1) is 18.8. The summed E-state index contributed by atoms with van der Waals surface area (Å²) in [5.41, 5.74) is 2.35. The molecule has 1 saturated carbocycles. The molecule has 0 heterocycles. The first-order chi connectivity index (χ1) is 11.7. The Hall–Kier alpha value is -1.55. The molecular formula is C20H33N3O. The second-order valence-electron chi connectivity index (χ2n) is 6.92. The number of carbonyl (C=O) groups is 1. The van der Waals surface area contributed by atoms with Crippen LogP contribution in [0.2, 0.25) is 0 Å². The molecule has 1 aromatic carbocycles. The summed E-state index contributed by atoms with van der Waals surface area (Å²) in [6.07, 6.45) is 8.85. The van der Waals surface area contributed by atoms with Gasteiger partial charge in [0.2, 0.25) is 5.91 Å². The highest BCUT2D eigenvalue weighted by molar-refractivity contribution is 5.80. The van der Waals surface area contributed by atoms with Crippen LogP contribution in [-0.4, -0.2) is 37.0 Å². The van der Waals surface area contributed by atoms with Crippen molar-refractivity contribution in [3.05, 3.63) is 29.8 Å². The number of rotatable bonds is 9. The van der Waals surface area contributed by atoms with E-state index in [1.165, 1.54) is 37.7 Å². The zero-order valence-electron chi connectivity index (χ0n) is 15.3. The van der Waals surface area contributed by atoms with Gasteiger partial charge in [-0.1, -0.05) is 50.8 Å². The van der Waals surface area contributed by atoms with E-state index in [9.17, 15) is 4.79 Å². The predicted octanol–water partition coefficient (Wildman–Crippen LogP) is 3.78. The van der Waals surface area contributed by atoms with Crippen molar-refractivity contribution in [2.45, 2.75) is 64.5 Å². The van der Waals surface area contributed by atoms with Gasteiger partial charge in [-0.25, -0.2) is 0 Å². The van der Waals surface area contributed by atoms with E-state index < -0.39 is 0 Å². The van der Waals surface area contributed by atoms with E-state index in [-0.39, 0.29) is 5.91 Å². The fourth-order valence-corrected chi connectivity index (χ4v) is 3.39. The zero-order valence-corrected chi connectivity index (χ0v) is 15.3. The molecule has 2 N–H and O–H groups in total. The number of anilines is 1. The summed E-state index contributed by atoms with van der Waals surface area (Å²) >= 11 is 0. The van der Waals surface area contributed by atoms with Gasteiger partial charge in [0.25, 0.3) is 0 Å². The number of carbonyl (C=O) groups excluding carboxylic acids is 1. The third-order valence-electron chi connectivity index (χ3n) is 4.93. The largest absolute Gasteiger partial charge is 0.376 e. The van der Waals surface area contributed by atoms with Crippen molar-refractivity contribution >= 4 is 11.6 Å². The lowest BCUT2D eigenvalue weighted by Gasteiger charge is -2.31. The zero-order chi connectivity index (χ0) is 17.2. The lowest BCUT2D eigenvalue weighted by atomic mass is 9.94. The molecule has 1 amide bonds. The molecule has 1 fully saturated rings. The van der Waals surface area contributed by atoms with Gasteiger partial charge in [0, 0.05) is 24.8 Å². The van der Waals surface area contributed by atoms with E-state index in [0.717, 1.165) is 31.6 Å². The molecule has 0 radical (unpaired) electrons. The van der Waals surface area contributed by atoms with Crippen LogP contribution in [-0.2, 0) is 11.3 Å². The number of unbranched alkanes of at least 4 members (excludes halogenated alkanes) is 1. The number of nitrogens with one attached hydrogen (secondary N) is 2. The van der Waals surface area contributed by atoms with Gasteiger partial charge in [0.1, 0.15) is 0 Å². The van der Waals surface area contributed by atoms with Gasteiger partial charge in [-0.3, -0.25) is 9.69 Å². The first-order valence-electron chi connectivity index (χ1n) is 9.49. The number of benzene rings is 1. The molecule has 0 spiro atoms. The maximum atomic E-state index is 11.9. The highest BCUT2D eigenvalue weighted by Gasteiger charge is 2.18. The van der Waals surface area contributed by atoms with E-state index in [1.54, 1.807) is 0 Å². The molecule has 0 saturated heterocycles. The number of para-hydroxylation sites is 1. The van der Waals surface area contributed by atoms with E-state index >= 15 is 0 Å². The number of amides is 1. The third-order valence-corrected chi connectivity index (χ3v) is 4.93. The highest BCUT2D eigenvalue weighted by Crippen LogP contribution is 2.24. The van der Waals surface area contributed by atoms with Gasteiger partial charge in [-0.15, -0.1) is 0 Å². The van der Waals surface area contributed by atoms with Crippen molar-refractivity contribution in [2.75, 3.05) is 25.5 Å². The molecular weight excluding hydrogens is 298 g/mol. The number of nitrogens with zero attached hydrogens (tertiary/aromatic N) is 1. The summed E-state index contributed by atoms with van der Waals surface area (Å²) in [5.74, 6) is 0.0684. The van der Waals surface area contributed by atoms with Gasteiger partial charge in [0.15, 0.2) is 0 Å². The van der Waals surface area contributed by atoms with Gasteiger partial charge in [0.05, 0.1) is 6.54 Å². The minimum absolute atomic E-state index is 0.0684. The lowest BCUT2D eigenvalue weighted by Crippen LogP contribution is -2.33. The van der Waals surface area contributed by atoms with E-state index in [2.05, 4.69) is 47.7 Å². The third kappa shape index (κ3) is 6.16. The Morgan fingerprint density at radius 2 is 1.96 bits per heavy atom. The van der Waals surface area contributed by atoms with Crippen LogP contribution < -0.4 is 10.6 Å². The van der Waals surface area contributed by atoms with Crippen molar-refractivity contribution in [3.8, 4) is 0 Å². The van der Waals surface area contributed by atoms with Crippen LogP contribution in [0, 0.1) is 0 Å². The number of hydrogen-bond acceptors (Lipinski definition) is 3. The lowest BCUT2D eigenvalue weighted by molar-refractivity contribution is -0.119. The molecule has 2 rings (SSSR count). The summed E-state index contributed by atoms with van der Waals surface area (Å²) in [4.78, 5) is 14.4. The highest BCUT2D eigenvalue weighted by atomic mass is 16.1. The van der Waals surface area contributed by atoms with E-state index in [1.807, 2.05) is 6.07 Å². The Balaban J connectivity index is 1.86. The Labute approximate surface area is 147 Å². The van der Waals surface area contributed by atoms with Crippen LogP contribution in [0.3, 0.4) is 0 Å². The average Bonchev–Trinajstić information content (AvgIpc) is 2.62. The van der Waals surface area contributed by atoms with Crippen molar-refractivity contribution in [1.29, 1.82) is 0 Å². The summed E-state index contributed by atoms with van der Waals surface area (Å²) in [6, 6.07) is 9.04. The summed E-state index contributed by atoms with van der Waals surface area (Å²) < 4.78 is 0. The van der Waals surface area contributed by atoms with Crippen LogP contribution in [0.15, 0.2) is 24.3 Å². The smallest absolute Gasteiger partial charge is 0.239 e. The van der Waals surface area contributed by atoms with E-state index in [0.29, 0.717) is 12.6 Å². The second kappa shape index (κ2) is 10.3. The fourth-order valence-electron chi connectivity index (χ4n) is 3.39.